The molecule has 4 heteroatoms. The van der Waals surface area contributed by atoms with Gasteiger partial charge in [0.1, 0.15) is 5.60 Å². The van der Waals surface area contributed by atoms with E-state index in [0.717, 1.165) is 0 Å². The maximum Gasteiger partial charge on any atom is 1.00 e. The maximum atomic E-state index is 10.0. The third-order valence-electron chi connectivity index (χ3n) is 1.18. The Labute approximate surface area is 82.7 Å². The summed E-state index contributed by atoms with van der Waals surface area (Å²) in [6.45, 7) is 3.04. The van der Waals surface area contributed by atoms with Crippen LogP contribution in [-0.2, 0) is 4.79 Å². The molecule has 0 rings (SSSR count). The summed E-state index contributed by atoms with van der Waals surface area (Å²) < 4.78 is 0. The molecule has 3 nitrogen and oxygen atoms in total. The first-order valence-corrected chi connectivity index (χ1v) is 2.94. The first-order chi connectivity index (χ1) is 4.00. The van der Waals surface area contributed by atoms with Gasteiger partial charge in [0.15, 0.2) is 0 Å². The zero-order valence-corrected chi connectivity index (χ0v) is 8.68. The van der Waals surface area contributed by atoms with Crippen molar-refractivity contribution in [2.45, 2.75) is 32.3 Å². The number of hydrogen-bond donors (Lipinski definition) is 1. The van der Waals surface area contributed by atoms with Gasteiger partial charge in [-0.2, -0.15) is 0 Å². The molecule has 0 saturated heterocycles. The Morgan fingerprint density at radius 1 is 1.70 bits per heavy atom. The molecule has 0 radical (unpaired) electrons. The summed E-state index contributed by atoms with van der Waals surface area (Å²) in [5.41, 5.74) is -1.64. The van der Waals surface area contributed by atoms with Gasteiger partial charge in [-0.25, -0.2) is 0 Å². The van der Waals surface area contributed by atoms with Crippen molar-refractivity contribution in [3.63, 3.8) is 0 Å². The predicted molar refractivity (Wildman–Crippen MR) is 30.5 cm³/mol. The summed E-state index contributed by atoms with van der Waals surface area (Å²) in [6, 6.07) is 0. The first-order valence-electron chi connectivity index (χ1n) is 2.94. The van der Waals surface area contributed by atoms with Crippen molar-refractivity contribution in [1.82, 2.24) is 0 Å². The Bertz CT molecular complexity index is 112. The van der Waals surface area contributed by atoms with Crippen LogP contribution in [0.5, 0.6) is 0 Å². The van der Waals surface area contributed by atoms with Crippen molar-refractivity contribution in [2.24, 2.45) is 0 Å². The van der Waals surface area contributed by atoms with E-state index in [2.05, 4.69) is 0 Å². The van der Waals surface area contributed by atoms with Gasteiger partial charge in [-0.1, -0.05) is 13.3 Å². The van der Waals surface area contributed by atoms with Crippen LogP contribution < -0.4 is 34.7 Å². The topological polar surface area (TPSA) is 60.4 Å². The van der Waals surface area contributed by atoms with Crippen LogP contribution in [0.3, 0.4) is 0 Å². The second-order valence-electron chi connectivity index (χ2n) is 2.31. The van der Waals surface area contributed by atoms with Gasteiger partial charge >= 0.3 is 29.6 Å². The molecule has 0 aromatic rings. The van der Waals surface area contributed by atoms with Crippen LogP contribution in [0.1, 0.15) is 26.7 Å². The van der Waals surface area contributed by atoms with Gasteiger partial charge in [-0.3, -0.25) is 0 Å². The predicted octanol–water partition coefficient (Wildman–Crippen LogP) is -3.71. The van der Waals surface area contributed by atoms with E-state index in [1.54, 1.807) is 6.92 Å². The second-order valence-corrected chi connectivity index (χ2v) is 2.31. The number of carboxylic acids is 1. The molecule has 0 heterocycles. The number of rotatable bonds is 3. The van der Waals surface area contributed by atoms with Crippen LogP contribution in [0.4, 0.5) is 0 Å². The molecule has 0 aromatic heterocycles. The van der Waals surface area contributed by atoms with Crippen LogP contribution in [0.2, 0.25) is 0 Å². The minimum Gasteiger partial charge on any atom is -0.547 e. The van der Waals surface area contributed by atoms with Crippen molar-refractivity contribution in [3.8, 4) is 0 Å². The van der Waals surface area contributed by atoms with Gasteiger partial charge < -0.3 is 15.0 Å². The number of aliphatic hydroxyl groups is 1. The Morgan fingerprint density at radius 3 is 2.20 bits per heavy atom. The summed E-state index contributed by atoms with van der Waals surface area (Å²) in [4.78, 5) is 10.0. The van der Waals surface area contributed by atoms with E-state index in [1.165, 1.54) is 6.92 Å². The van der Waals surface area contributed by atoms with E-state index >= 15 is 0 Å². The van der Waals surface area contributed by atoms with Crippen LogP contribution in [0.15, 0.2) is 0 Å². The van der Waals surface area contributed by atoms with Crippen molar-refractivity contribution >= 4 is 5.97 Å². The molecule has 54 valence electrons. The zero-order valence-electron chi connectivity index (χ0n) is 6.68. The van der Waals surface area contributed by atoms with Crippen molar-refractivity contribution < 1.29 is 44.6 Å². The van der Waals surface area contributed by atoms with E-state index in [-0.39, 0.29) is 36.0 Å². The molecule has 0 saturated carbocycles. The standard InChI is InChI=1S/C6H12O3.Na/c1-3-4-6(2,9)5(7)8;/h9H,3-4H2,1-2H3,(H,7,8);/q;+1/p-1. The fourth-order valence-corrected chi connectivity index (χ4v) is 0.589. The molecule has 1 atom stereocenters. The number of carbonyl (C=O) groups excluding carboxylic acids is 1. The summed E-state index contributed by atoms with van der Waals surface area (Å²) in [5, 5.41) is 19.0. The molecule has 0 spiro atoms. The monoisotopic (exact) mass is 154 g/mol. The fraction of sp³-hybridized carbons (Fsp3) is 0.833. The quantitative estimate of drug-likeness (QED) is 0.425. The summed E-state index contributed by atoms with van der Waals surface area (Å²) in [7, 11) is 0. The van der Waals surface area contributed by atoms with Crippen LogP contribution in [0.25, 0.3) is 0 Å². The molecule has 0 aromatic carbocycles. The van der Waals surface area contributed by atoms with Gasteiger partial charge in [0.25, 0.3) is 0 Å². The Kier molecular flexibility index (Phi) is 6.69. The van der Waals surface area contributed by atoms with E-state index in [0.29, 0.717) is 6.42 Å². The third kappa shape index (κ3) is 4.28. The Morgan fingerprint density at radius 2 is 2.10 bits per heavy atom. The minimum absolute atomic E-state index is 0. The molecule has 10 heavy (non-hydrogen) atoms. The second kappa shape index (κ2) is 5.13. The molecular formula is C6H11NaO3. The summed E-state index contributed by atoms with van der Waals surface area (Å²) in [5.74, 6) is -1.40. The van der Waals surface area contributed by atoms with E-state index in [1.807, 2.05) is 0 Å². The summed E-state index contributed by atoms with van der Waals surface area (Å²) >= 11 is 0. The molecule has 0 aliphatic rings. The normalized spacial score (nSPS) is 15.1. The summed E-state index contributed by atoms with van der Waals surface area (Å²) in [6.07, 6.45) is 0.885. The molecule has 0 aliphatic heterocycles. The molecular weight excluding hydrogens is 143 g/mol. The van der Waals surface area contributed by atoms with Crippen LogP contribution in [0, 0.1) is 0 Å². The first kappa shape index (κ1) is 13.1. The number of hydrogen-bond acceptors (Lipinski definition) is 3. The minimum atomic E-state index is -1.64. The Balaban J connectivity index is 0. The van der Waals surface area contributed by atoms with Crippen molar-refractivity contribution in [2.75, 3.05) is 0 Å². The number of aliphatic carboxylic acids is 1. The average Bonchev–Trinajstić information content (AvgIpc) is 1.65. The largest absolute Gasteiger partial charge is 1.00 e. The fourth-order valence-electron chi connectivity index (χ4n) is 0.589. The maximum absolute atomic E-state index is 10.0. The van der Waals surface area contributed by atoms with E-state index in [9.17, 15) is 9.90 Å². The molecule has 0 fully saturated rings. The van der Waals surface area contributed by atoms with Crippen LogP contribution >= 0.6 is 0 Å². The average molecular weight is 154 g/mol. The zero-order chi connectivity index (χ0) is 7.49. The van der Waals surface area contributed by atoms with Gasteiger partial charge in [0.05, 0.1) is 5.97 Å². The number of carbonyl (C=O) groups is 1. The van der Waals surface area contributed by atoms with Gasteiger partial charge in [0, 0.05) is 0 Å². The van der Waals surface area contributed by atoms with Gasteiger partial charge in [0.2, 0.25) is 0 Å². The van der Waals surface area contributed by atoms with E-state index in [4.69, 9.17) is 5.11 Å². The van der Waals surface area contributed by atoms with Gasteiger partial charge in [-0.05, 0) is 13.3 Å². The van der Waals surface area contributed by atoms with Crippen molar-refractivity contribution in [1.29, 1.82) is 0 Å². The molecule has 0 bridgehead atoms. The third-order valence-corrected chi connectivity index (χ3v) is 1.18. The molecule has 1 unspecified atom stereocenters. The van der Waals surface area contributed by atoms with Crippen LogP contribution in [-0.4, -0.2) is 16.7 Å². The Hall–Kier alpha value is 0.430. The van der Waals surface area contributed by atoms with Gasteiger partial charge in [-0.15, -0.1) is 0 Å². The number of carboxylic acid groups (broad SMARTS) is 1. The molecule has 0 aliphatic carbocycles. The SMILES string of the molecule is CCCC(C)(O)C(=O)[O-].[Na+]. The van der Waals surface area contributed by atoms with Crippen molar-refractivity contribution in [3.05, 3.63) is 0 Å². The smallest absolute Gasteiger partial charge is 0.547 e. The molecule has 0 amide bonds. The van der Waals surface area contributed by atoms with E-state index < -0.39 is 11.6 Å². The molecule has 1 N–H and O–H groups in total.